The summed E-state index contributed by atoms with van der Waals surface area (Å²) < 4.78 is 29.7. The third-order valence-corrected chi connectivity index (χ3v) is 12.4. The first-order valence-corrected chi connectivity index (χ1v) is 12.8. The maximum absolute atomic E-state index is 12.1. The fourth-order valence-corrected chi connectivity index (χ4v) is 9.53. The van der Waals surface area contributed by atoms with E-state index in [1.807, 2.05) is 0 Å². The molecule has 5 nitrogen and oxygen atoms in total. The number of ketones is 1. The van der Waals surface area contributed by atoms with Crippen molar-refractivity contribution in [2.75, 3.05) is 11.5 Å². The standard InChI is InChI=1S/C18H31NO4SSi/c1-8-24(21,22)12-18(20)17-10-9-16(11-19-17)23-25(13(2)3,14(4)5)15(6)7/h9-11,13-15H,8,12H2,1-7H3. The van der Waals surface area contributed by atoms with Gasteiger partial charge in [-0.15, -0.1) is 0 Å². The Hall–Kier alpha value is -1.21. The second-order valence-corrected chi connectivity index (χ2v) is 15.1. The van der Waals surface area contributed by atoms with Crippen LogP contribution >= 0.6 is 0 Å². The van der Waals surface area contributed by atoms with Gasteiger partial charge in [0.25, 0.3) is 8.32 Å². The Morgan fingerprint density at radius 1 is 1.08 bits per heavy atom. The average Bonchev–Trinajstić information content (AvgIpc) is 2.51. The average molecular weight is 386 g/mol. The lowest BCUT2D eigenvalue weighted by Crippen LogP contribution is -2.50. The number of rotatable bonds is 9. The molecule has 0 aliphatic heterocycles. The zero-order valence-electron chi connectivity index (χ0n) is 16.4. The van der Waals surface area contributed by atoms with Crippen LogP contribution in [0, 0.1) is 0 Å². The molecule has 25 heavy (non-hydrogen) atoms. The lowest BCUT2D eigenvalue weighted by atomic mass is 10.3. The van der Waals surface area contributed by atoms with Gasteiger partial charge in [0.2, 0.25) is 0 Å². The van der Waals surface area contributed by atoms with Crippen LogP contribution in [-0.4, -0.2) is 39.0 Å². The Bertz CT molecular complexity index is 660. The summed E-state index contributed by atoms with van der Waals surface area (Å²) in [6.45, 7) is 14.7. The van der Waals surface area contributed by atoms with Gasteiger partial charge in [-0.1, -0.05) is 48.5 Å². The first kappa shape index (κ1) is 21.8. The molecule has 0 fully saturated rings. The van der Waals surface area contributed by atoms with Crippen molar-refractivity contribution >= 4 is 23.9 Å². The molecular formula is C18H31NO4SSi. The quantitative estimate of drug-likeness (QED) is 0.469. The van der Waals surface area contributed by atoms with Gasteiger partial charge >= 0.3 is 0 Å². The van der Waals surface area contributed by atoms with E-state index < -0.39 is 29.7 Å². The van der Waals surface area contributed by atoms with Gasteiger partial charge in [0, 0.05) is 5.75 Å². The molecule has 0 aliphatic rings. The molecule has 1 aromatic heterocycles. The van der Waals surface area contributed by atoms with Crippen LogP contribution in [0.1, 0.15) is 59.0 Å². The Kier molecular flexibility index (Phi) is 7.37. The number of carbonyl (C=O) groups is 1. The van der Waals surface area contributed by atoms with E-state index in [0.717, 1.165) is 0 Å². The van der Waals surface area contributed by atoms with Crippen molar-refractivity contribution < 1.29 is 17.6 Å². The molecule has 0 saturated heterocycles. The van der Waals surface area contributed by atoms with Crippen molar-refractivity contribution in [2.24, 2.45) is 0 Å². The summed E-state index contributed by atoms with van der Waals surface area (Å²) in [6, 6.07) is 3.29. The third kappa shape index (κ3) is 5.14. The van der Waals surface area contributed by atoms with Crippen LogP contribution in [0.5, 0.6) is 5.75 Å². The summed E-state index contributed by atoms with van der Waals surface area (Å²) in [5.41, 5.74) is 1.46. The van der Waals surface area contributed by atoms with Crippen molar-refractivity contribution in [1.82, 2.24) is 4.98 Å². The number of carbonyl (C=O) groups excluding carboxylic acids is 1. The molecule has 0 amide bonds. The molecule has 0 aromatic carbocycles. The number of nitrogens with zero attached hydrogens (tertiary/aromatic N) is 1. The van der Waals surface area contributed by atoms with Gasteiger partial charge in [-0.05, 0) is 28.8 Å². The van der Waals surface area contributed by atoms with Gasteiger partial charge in [0.05, 0.1) is 6.20 Å². The van der Waals surface area contributed by atoms with E-state index in [0.29, 0.717) is 22.4 Å². The first-order valence-electron chi connectivity index (χ1n) is 8.85. The number of sulfone groups is 1. The Morgan fingerprint density at radius 2 is 1.60 bits per heavy atom. The van der Waals surface area contributed by atoms with Crippen molar-refractivity contribution in [3.63, 3.8) is 0 Å². The predicted molar refractivity (Wildman–Crippen MR) is 105 cm³/mol. The highest BCUT2D eigenvalue weighted by molar-refractivity contribution is 7.92. The van der Waals surface area contributed by atoms with Gasteiger partial charge in [0.15, 0.2) is 15.6 Å². The summed E-state index contributed by atoms with van der Waals surface area (Å²) in [5.74, 6) is -0.379. The van der Waals surface area contributed by atoms with Crippen LogP contribution < -0.4 is 4.43 Å². The SMILES string of the molecule is CCS(=O)(=O)CC(=O)c1ccc(O[Si](C(C)C)(C(C)C)C(C)C)cn1. The third-order valence-electron chi connectivity index (χ3n) is 4.81. The Morgan fingerprint density at radius 3 is 1.96 bits per heavy atom. The number of hydrogen-bond donors (Lipinski definition) is 0. The monoisotopic (exact) mass is 385 g/mol. The molecule has 0 atom stereocenters. The molecule has 142 valence electrons. The molecular weight excluding hydrogens is 354 g/mol. The predicted octanol–water partition coefficient (Wildman–Crippen LogP) is 4.25. The second kappa shape index (κ2) is 8.45. The summed E-state index contributed by atoms with van der Waals surface area (Å²) in [7, 11) is -5.43. The second-order valence-electron chi connectivity index (χ2n) is 7.40. The smallest absolute Gasteiger partial charge is 0.258 e. The topological polar surface area (TPSA) is 73.3 Å². The van der Waals surface area contributed by atoms with Gasteiger partial charge in [0.1, 0.15) is 17.2 Å². The molecule has 1 rings (SSSR count). The van der Waals surface area contributed by atoms with Gasteiger partial charge in [-0.25, -0.2) is 13.4 Å². The van der Waals surface area contributed by atoms with E-state index in [1.54, 1.807) is 18.3 Å². The lowest BCUT2D eigenvalue weighted by molar-refractivity contribution is 0.101. The number of pyridine rings is 1. The highest BCUT2D eigenvalue weighted by Crippen LogP contribution is 2.42. The molecule has 0 N–H and O–H groups in total. The van der Waals surface area contributed by atoms with E-state index in [4.69, 9.17) is 4.43 Å². The molecule has 0 aliphatic carbocycles. The van der Waals surface area contributed by atoms with Crippen molar-refractivity contribution in [3.05, 3.63) is 24.0 Å². The number of hydrogen-bond acceptors (Lipinski definition) is 5. The van der Waals surface area contributed by atoms with Crippen LogP contribution in [0.4, 0.5) is 0 Å². The van der Waals surface area contributed by atoms with Gasteiger partial charge < -0.3 is 4.43 Å². The van der Waals surface area contributed by atoms with Gasteiger partial charge in [-0.2, -0.15) is 0 Å². The summed E-state index contributed by atoms with van der Waals surface area (Å²) in [4.78, 5) is 16.2. The van der Waals surface area contributed by atoms with E-state index in [2.05, 4.69) is 46.5 Å². The van der Waals surface area contributed by atoms with Crippen LogP contribution in [0.15, 0.2) is 18.3 Å². The molecule has 0 spiro atoms. The normalized spacial score (nSPS) is 12.9. The molecule has 1 aromatic rings. The maximum Gasteiger partial charge on any atom is 0.258 e. The summed E-state index contributed by atoms with van der Waals surface area (Å²) >= 11 is 0. The minimum Gasteiger partial charge on any atom is -0.542 e. The van der Waals surface area contributed by atoms with Crippen LogP contribution in [0.2, 0.25) is 16.6 Å². The highest BCUT2D eigenvalue weighted by Gasteiger charge is 2.47. The molecule has 0 bridgehead atoms. The minimum atomic E-state index is -3.35. The molecule has 7 heteroatoms. The minimum absolute atomic E-state index is 0.0504. The van der Waals surface area contributed by atoms with Crippen LogP contribution in [0.3, 0.4) is 0 Å². The fourth-order valence-electron chi connectivity index (χ4n) is 3.54. The molecule has 0 radical (unpaired) electrons. The van der Waals surface area contributed by atoms with Crippen molar-refractivity contribution in [2.45, 2.75) is 65.1 Å². The lowest BCUT2D eigenvalue weighted by Gasteiger charge is -2.42. The Labute approximate surface area is 153 Å². The maximum atomic E-state index is 12.1. The van der Waals surface area contributed by atoms with E-state index >= 15 is 0 Å². The zero-order chi connectivity index (χ0) is 19.4. The summed E-state index contributed by atoms with van der Waals surface area (Å²) in [5, 5.41) is 0. The molecule has 0 unspecified atom stereocenters. The number of aromatic nitrogens is 1. The number of Topliss-reactive ketones (excluding diaryl/α,β-unsaturated/α-hetero) is 1. The van der Waals surface area contributed by atoms with Gasteiger partial charge in [-0.3, -0.25) is 4.79 Å². The largest absolute Gasteiger partial charge is 0.542 e. The Balaban J connectivity index is 3.04. The van der Waals surface area contributed by atoms with Crippen LogP contribution in [0.25, 0.3) is 0 Å². The molecule has 1 heterocycles. The molecule has 0 saturated carbocycles. The highest BCUT2D eigenvalue weighted by atomic mass is 32.2. The summed E-state index contributed by atoms with van der Waals surface area (Å²) in [6.07, 6.45) is 1.54. The van der Waals surface area contributed by atoms with Crippen molar-refractivity contribution in [3.8, 4) is 5.75 Å². The van der Waals surface area contributed by atoms with Crippen LogP contribution in [-0.2, 0) is 9.84 Å². The van der Waals surface area contributed by atoms with E-state index in [9.17, 15) is 13.2 Å². The fraction of sp³-hybridized carbons (Fsp3) is 0.667. The van der Waals surface area contributed by atoms with E-state index in [1.165, 1.54) is 6.92 Å². The van der Waals surface area contributed by atoms with Crippen molar-refractivity contribution in [1.29, 1.82) is 0 Å². The van der Waals surface area contributed by atoms with E-state index in [-0.39, 0.29) is 11.4 Å². The zero-order valence-corrected chi connectivity index (χ0v) is 18.2. The first-order chi connectivity index (χ1) is 11.5.